The number of aromatic nitrogens is 4. The van der Waals surface area contributed by atoms with Crippen molar-refractivity contribution in [3.63, 3.8) is 0 Å². The molecule has 0 radical (unpaired) electrons. The molecule has 6 nitrogen and oxygen atoms in total. The van der Waals surface area contributed by atoms with Gasteiger partial charge in [0, 0.05) is 19.8 Å². The number of hydrogen-bond donors (Lipinski definition) is 2. The van der Waals surface area contributed by atoms with Crippen LogP contribution in [0.15, 0.2) is 42.6 Å². The molecule has 0 aliphatic heterocycles. The van der Waals surface area contributed by atoms with Crippen LogP contribution < -0.4 is 0 Å². The van der Waals surface area contributed by atoms with E-state index in [9.17, 15) is 9.90 Å². The van der Waals surface area contributed by atoms with Crippen molar-refractivity contribution in [2.75, 3.05) is 0 Å². The third-order valence-corrected chi connectivity index (χ3v) is 4.10. The topological polar surface area (TPSA) is 75.8 Å². The van der Waals surface area contributed by atoms with Gasteiger partial charge in [0.25, 0.3) is 0 Å². The highest BCUT2D eigenvalue weighted by Gasteiger charge is 2.13. The molecule has 7 heteroatoms. The maximum Gasteiger partial charge on any atom is 0.335 e. The van der Waals surface area contributed by atoms with Gasteiger partial charge in [-0.3, -0.25) is 9.67 Å². The number of carboxylic acids is 1. The van der Waals surface area contributed by atoms with Gasteiger partial charge >= 0.3 is 5.97 Å². The minimum Gasteiger partial charge on any atom is -0.478 e. The number of hydrogen-bond acceptors (Lipinski definition) is 3. The fourth-order valence-corrected chi connectivity index (χ4v) is 2.82. The Balaban J connectivity index is 1.91. The second kappa shape index (κ2) is 6.21. The van der Waals surface area contributed by atoms with Gasteiger partial charge in [-0.1, -0.05) is 18.2 Å². The molecule has 0 unspecified atom stereocenters. The van der Waals surface area contributed by atoms with Crippen molar-refractivity contribution in [3.8, 4) is 11.5 Å². The maximum absolute atomic E-state index is 11.3. The molecule has 0 saturated heterocycles. The lowest BCUT2D eigenvalue weighted by molar-refractivity contribution is 0.0695. The molecule has 0 atom stereocenters. The molecule has 0 amide bonds. The van der Waals surface area contributed by atoms with E-state index in [-0.39, 0.29) is 0 Å². The number of carbonyl (C=O) groups is 1. The number of benzene rings is 1. The number of aromatic amines is 1. The zero-order valence-corrected chi connectivity index (χ0v) is 13.4. The maximum atomic E-state index is 11.3. The minimum atomic E-state index is -0.918. The third kappa shape index (κ3) is 2.95. The summed E-state index contributed by atoms with van der Waals surface area (Å²) in [6.07, 6.45) is 2.50. The predicted molar refractivity (Wildman–Crippen MR) is 88.9 cm³/mol. The lowest BCUT2D eigenvalue weighted by atomic mass is 10.0. The molecular weight excluding hydrogens is 312 g/mol. The Bertz CT molecular complexity index is 907. The number of carboxylic acid groups (broad SMARTS) is 1. The summed E-state index contributed by atoms with van der Waals surface area (Å²) in [6.45, 7) is 0.556. The van der Waals surface area contributed by atoms with Crippen molar-refractivity contribution in [2.24, 2.45) is 7.05 Å². The average Bonchev–Trinajstić information content (AvgIpc) is 3.11. The van der Waals surface area contributed by atoms with Crippen LogP contribution in [-0.4, -0.2) is 30.4 Å². The molecule has 0 aliphatic rings. The van der Waals surface area contributed by atoms with Crippen LogP contribution in [0.1, 0.15) is 15.9 Å². The predicted octanol–water partition coefficient (Wildman–Crippen LogP) is 2.89. The van der Waals surface area contributed by atoms with Gasteiger partial charge in [0.2, 0.25) is 0 Å². The first-order chi connectivity index (χ1) is 11.1. The summed E-state index contributed by atoms with van der Waals surface area (Å²) in [6, 6.07) is 10.9. The van der Waals surface area contributed by atoms with E-state index < -0.39 is 5.97 Å². The van der Waals surface area contributed by atoms with Crippen LogP contribution in [-0.2, 0) is 20.0 Å². The van der Waals surface area contributed by atoms with Crippen molar-refractivity contribution in [2.45, 2.75) is 13.0 Å². The van der Waals surface area contributed by atoms with Gasteiger partial charge in [-0.05, 0) is 42.4 Å². The molecule has 3 rings (SSSR count). The van der Waals surface area contributed by atoms with E-state index in [1.165, 1.54) is 0 Å². The van der Waals surface area contributed by atoms with E-state index in [4.69, 9.17) is 12.2 Å². The van der Waals surface area contributed by atoms with Gasteiger partial charge < -0.3 is 9.67 Å². The summed E-state index contributed by atoms with van der Waals surface area (Å²) in [5.74, 6) is -0.172. The fraction of sp³-hybridized carbons (Fsp3) is 0.188. The van der Waals surface area contributed by atoms with Crippen molar-refractivity contribution in [3.05, 3.63) is 58.5 Å². The second-order valence-electron chi connectivity index (χ2n) is 5.22. The van der Waals surface area contributed by atoms with E-state index >= 15 is 0 Å². The summed E-state index contributed by atoms with van der Waals surface area (Å²) in [5.41, 5.74) is 2.05. The molecule has 2 N–H and O–H groups in total. The molecule has 118 valence electrons. The third-order valence-electron chi connectivity index (χ3n) is 3.78. The molecule has 0 aliphatic carbocycles. The van der Waals surface area contributed by atoms with Crippen LogP contribution in [0.25, 0.3) is 11.5 Å². The quantitative estimate of drug-likeness (QED) is 0.706. The van der Waals surface area contributed by atoms with Crippen LogP contribution in [0, 0.1) is 4.77 Å². The van der Waals surface area contributed by atoms with E-state index in [2.05, 4.69) is 10.2 Å². The van der Waals surface area contributed by atoms with Crippen molar-refractivity contribution >= 4 is 18.2 Å². The first-order valence-electron chi connectivity index (χ1n) is 7.16. The van der Waals surface area contributed by atoms with E-state index in [1.807, 2.05) is 46.6 Å². The number of nitrogens with one attached hydrogen (secondary N) is 1. The summed E-state index contributed by atoms with van der Waals surface area (Å²) in [5, 5.41) is 16.4. The van der Waals surface area contributed by atoms with Crippen molar-refractivity contribution < 1.29 is 9.90 Å². The Hall–Kier alpha value is -2.67. The summed E-state index contributed by atoms with van der Waals surface area (Å²) >= 11 is 5.31. The summed E-state index contributed by atoms with van der Waals surface area (Å²) in [4.78, 5) is 11.3. The molecule has 2 aromatic heterocycles. The summed E-state index contributed by atoms with van der Waals surface area (Å²) < 4.78 is 4.38. The largest absolute Gasteiger partial charge is 0.478 e. The molecule has 0 bridgehead atoms. The number of aryl methyl sites for hydroxylation is 2. The highest BCUT2D eigenvalue weighted by atomic mass is 32.1. The molecule has 2 heterocycles. The molecule has 23 heavy (non-hydrogen) atoms. The van der Waals surface area contributed by atoms with Crippen LogP contribution >= 0.6 is 12.2 Å². The highest BCUT2D eigenvalue weighted by molar-refractivity contribution is 7.71. The summed E-state index contributed by atoms with van der Waals surface area (Å²) in [7, 11) is 1.94. The average molecular weight is 328 g/mol. The van der Waals surface area contributed by atoms with Crippen molar-refractivity contribution in [1.29, 1.82) is 0 Å². The molecule has 0 spiro atoms. The first kappa shape index (κ1) is 15.2. The molecule has 0 fully saturated rings. The fourth-order valence-electron chi connectivity index (χ4n) is 2.59. The Morgan fingerprint density at radius 3 is 2.78 bits per heavy atom. The second-order valence-corrected chi connectivity index (χ2v) is 5.61. The zero-order valence-electron chi connectivity index (χ0n) is 12.6. The minimum absolute atomic E-state index is 0.322. The number of rotatable bonds is 5. The SMILES string of the molecule is Cn1cccc1-c1n[nH]c(=S)n1CCc1ccccc1C(=O)O. The van der Waals surface area contributed by atoms with Gasteiger partial charge in [0.1, 0.15) is 0 Å². The van der Waals surface area contributed by atoms with Crippen LogP contribution in [0.5, 0.6) is 0 Å². The number of nitrogens with zero attached hydrogens (tertiary/aromatic N) is 3. The van der Waals surface area contributed by atoms with Crippen LogP contribution in [0.3, 0.4) is 0 Å². The Morgan fingerprint density at radius 1 is 1.30 bits per heavy atom. The van der Waals surface area contributed by atoms with Crippen molar-refractivity contribution in [1.82, 2.24) is 19.3 Å². The molecular formula is C16H16N4O2S. The highest BCUT2D eigenvalue weighted by Crippen LogP contribution is 2.18. The Labute approximate surface area is 138 Å². The van der Waals surface area contributed by atoms with Gasteiger partial charge in [-0.25, -0.2) is 4.79 Å². The van der Waals surface area contributed by atoms with E-state index in [0.717, 1.165) is 17.1 Å². The van der Waals surface area contributed by atoms with Gasteiger partial charge in [-0.15, -0.1) is 0 Å². The molecule has 3 aromatic rings. The Kier molecular flexibility index (Phi) is 4.12. The van der Waals surface area contributed by atoms with Gasteiger partial charge in [-0.2, -0.15) is 5.10 Å². The number of H-pyrrole nitrogens is 1. The Morgan fingerprint density at radius 2 is 2.09 bits per heavy atom. The smallest absolute Gasteiger partial charge is 0.335 e. The zero-order chi connectivity index (χ0) is 16.4. The van der Waals surface area contributed by atoms with Crippen LogP contribution in [0.4, 0.5) is 0 Å². The lowest BCUT2D eigenvalue weighted by Crippen LogP contribution is -2.08. The normalized spacial score (nSPS) is 10.8. The molecule has 0 saturated carbocycles. The number of aromatic carboxylic acids is 1. The standard InChI is InChI=1S/C16H16N4O2S/c1-19-9-4-7-13(19)14-17-18-16(23)20(14)10-8-11-5-2-3-6-12(11)15(21)22/h2-7,9H,8,10H2,1H3,(H,18,23)(H,21,22). The van der Waals surface area contributed by atoms with E-state index in [1.54, 1.807) is 12.1 Å². The van der Waals surface area contributed by atoms with E-state index in [0.29, 0.717) is 23.3 Å². The molecule has 1 aromatic carbocycles. The monoisotopic (exact) mass is 328 g/mol. The van der Waals surface area contributed by atoms with Gasteiger partial charge in [0.15, 0.2) is 10.6 Å². The first-order valence-corrected chi connectivity index (χ1v) is 7.57. The van der Waals surface area contributed by atoms with Gasteiger partial charge in [0.05, 0.1) is 11.3 Å². The lowest BCUT2D eigenvalue weighted by Gasteiger charge is -2.09. The van der Waals surface area contributed by atoms with Crippen LogP contribution in [0.2, 0.25) is 0 Å².